The van der Waals surface area contributed by atoms with E-state index in [-0.39, 0.29) is 17.9 Å². The summed E-state index contributed by atoms with van der Waals surface area (Å²) in [5.74, 6) is -1.47. The first-order valence-corrected chi connectivity index (χ1v) is 12.4. The molecule has 0 saturated heterocycles. The summed E-state index contributed by atoms with van der Waals surface area (Å²) in [5.41, 5.74) is 2.72. The molecule has 38 heavy (non-hydrogen) atoms. The lowest BCUT2D eigenvalue weighted by Crippen LogP contribution is -2.40. The van der Waals surface area contributed by atoms with E-state index in [1.165, 1.54) is 10.9 Å². The zero-order chi connectivity index (χ0) is 27.2. The number of carboxylic acid groups (broad SMARTS) is 1. The average Bonchev–Trinajstić information content (AvgIpc) is 2.91. The van der Waals surface area contributed by atoms with Crippen LogP contribution in [0.5, 0.6) is 0 Å². The second-order valence-electron chi connectivity index (χ2n) is 9.56. The van der Waals surface area contributed by atoms with E-state index in [1.807, 2.05) is 32.0 Å². The molecule has 4 aromatic rings. The molecule has 0 aliphatic carbocycles. The molecule has 1 aromatic heterocycles. The fourth-order valence-corrected chi connectivity index (χ4v) is 4.55. The SMILES string of the molecule is CC(C)C[C@@H](C(=O)N[C@@H](CC(=O)O)c1cccc(-c2ccccc2C#N)c1)n1cnc2ccccc2c1=O. The largest absolute Gasteiger partial charge is 0.481 e. The monoisotopic (exact) mass is 508 g/mol. The van der Waals surface area contributed by atoms with Gasteiger partial charge in [-0.15, -0.1) is 0 Å². The smallest absolute Gasteiger partial charge is 0.305 e. The number of hydrogen-bond acceptors (Lipinski definition) is 5. The van der Waals surface area contributed by atoms with Crippen LogP contribution >= 0.6 is 0 Å². The average molecular weight is 509 g/mol. The van der Waals surface area contributed by atoms with Crippen molar-refractivity contribution in [3.8, 4) is 17.2 Å². The van der Waals surface area contributed by atoms with Gasteiger partial charge in [0, 0.05) is 0 Å². The third-order valence-electron chi connectivity index (χ3n) is 6.37. The van der Waals surface area contributed by atoms with E-state index >= 15 is 0 Å². The predicted molar refractivity (Wildman–Crippen MR) is 144 cm³/mol. The minimum atomic E-state index is -1.08. The van der Waals surface area contributed by atoms with E-state index in [2.05, 4.69) is 16.4 Å². The fraction of sp³-hybridized carbons (Fsp3) is 0.233. The molecular formula is C30H28N4O4. The van der Waals surface area contributed by atoms with Gasteiger partial charge in [-0.1, -0.05) is 62.4 Å². The molecule has 4 rings (SSSR count). The van der Waals surface area contributed by atoms with Crippen molar-refractivity contribution in [2.45, 2.75) is 38.8 Å². The molecule has 1 heterocycles. The van der Waals surface area contributed by atoms with E-state index in [1.54, 1.807) is 54.6 Å². The van der Waals surface area contributed by atoms with Crippen LogP contribution in [0.15, 0.2) is 83.9 Å². The molecule has 1 amide bonds. The lowest BCUT2D eigenvalue weighted by molar-refractivity contribution is -0.138. The predicted octanol–water partition coefficient (Wildman–Crippen LogP) is 4.85. The Morgan fingerprint density at radius 2 is 1.79 bits per heavy atom. The Kier molecular flexibility index (Phi) is 7.97. The van der Waals surface area contributed by atoms with Gasteiger partial charge in [-0.3, -0.25) is 19.0 Å². The van der Waals surface area contributed by atoms with Gasteiger partial charge in [-0.2, -0.15) is 5.26 Å². The Hall–Kier alpha value is -4.77. The molecule has 8 nitrogen and oxygen atoms in total. The van der Waals surface area contributed by atoms with Crippen LogP contribution in [0.2, 0.25) is 0 Å². The molecule has 192 valence electrons. The highest BCUT2D eigenvalue weighted by molar-refractivity contribution is 5.83. The van der Waals surface area contributed by atoms with Crippen LogP contribution in [0.3, 0.4) is 0 Å². The molecule has 0 saturated carbocycles. The van der Waals surface area contributed by atoms with Crippen LogP contribution in [0.4, 0.5) is 0 Å². The number of hydrogen-bond donors (Lipinski definition) is 2. The van der Waals surface area contributed by atoms with E-state index < -0.39 is 24.0 Å². The summed E-state index contributed by atoms with van der Waals surface area (Å²) >= 11 is 0. The molecule has 8 heteroatoms. The molecule has 2 N–H and O–H groups in total. The zero-order valence-electron chi connectivity index (χ0n) is 21.2. The highest BCUT2D eigenvalue weighted by Gasteiger charge is 2.27. The number of aliphatic carboxylic acids is 1. The summed E-state index contributed by atoms with van der Waals surface area (Å²) in [6.45, 7) is 3.90. The number of nitriles is 1. The van der Waals surface area contributed by atoms with Gasteiger partial charge >= 0.3 is 5.97 Å². The van der Waals surface area contributed by atoms with Gasteiger partial charge in [-0.05, 0) is 53.3 Å². The summed E-state index contributed by atoms with van der Waals surface area (Å²) < 4.78 is 1.33. The number of rotatable bonds is 9. The van der Waals surface area contributed by atoms with Gasteiger partial charge in [0.2, 0.25) is 5.91 Å². The fourth-order valence-electron chi connectivity index (χ4n) is 4.55. The highest BCUT2D eigenvalue weighted by Crippen LogP contribution is 2.28. The lowest BCUT2D eigenvalue weighted by atomic mass is 9.95. The number of para-hydroxylation sites is 1. The Morgan fingerprint density at radius 3 is 2.53 bits per heavy atom. The summed E-state index contributed by atoms with van der Waals surface area (Å²) in [7, 11) is 0. The van der Waals surface area contributed by atoms with Gasteiger partial charge in [0.25, 0.3) is 5.56 Å². The van der Waals surface area contributed by atoms with Crippen LogP contribution in [-0.4, -0.2) is 26.5 Å². The maximum atomic E-state index is 13.7. The molecular weight excluding hydrogens is 480 g/mol. The van der Waals surface area contributed by atoms with Gasteiger partial charge in [0.1, 0.15) is 6.04 Å². The molecule has 0 aliphatic rings. The van der Waals surface area contributed by atoms with Crippen molar-refractivity contribution in [2.75, 3.05) is 0 Å². The number of nitrogens with one attached hydrogen (secondary N) is 1. The standard InChI is InChI=1S/C30H28N4O4/c1-19(2)14-27(34-18-32-25-13-6-5-12-24(25)30(34)38)29(37)33-26(16-28(35)36)21-10-7-9-20(15-21)23-11-4-3-8-22(23)17-31/h3-13,15,18-19,26-27H,14,16H2,1-2H3,(H,33,37)(H,35,36)/t26-,27-/m0/s1. The van der Waals surface area contributed by atoms with Crippen molar-refractivity contribution in [3.05, 3.63) is 101 Å². The molecule has 0 aliphatic heterocycles. The van der Waals surface area contributed by atoms with Crippen LogP contribution in [0.1, 0.15) is 49.9 Å². The van der Waals surface area contributed by atoms with Crippen molar-refractivity contribution < 1.29 is 14.7 Å². The Balaban J connectivity index is 1.71. The number of carbonyl (C=O) groups excluding carboxylic acids is 1. The minimum Gasteiger partial charge on any atom is -0.481 e. The molecule has 0 bridgehead atoms. The number of aromatic nitrogens is 2. The van der Waals surface area contributed by atoms with E-state index in [4.69, 9.17) is 0 Å². The van der Waals surface area contributed by atoms with Crippen LogP contribution in [-0.2, 0) is 9.59 Å². The second kappa shape index (κ2) is 11.5. The first-order chi connectivity index (χ1) is 18.3. The van der Waals surface area contributed by atoms with E-state index in [9.17, 15) is 24.8 Å². The van der Waals surface area contributed by atoms with Crippen molar-refractivity contribution in [1.82, 2.24) is 14.9 Å². The third kappa shape index (κ3) is 5.79. The molecule has 0 unspecified atom stereocenters. The van der Waals surface area contributed by atoms with Gasteiger partial charge in [0.05, 0.1) is 41.3 Å². The van der Waals surface area contributed by atoms with Gasteiger partial charge in [-0.25, -0.2) is 4.98 Å². The quantitative estimate of drug-likeness (QED) is 0.333. The Bertz CT molecular complexity index is 1590. The molecule has 3 aromatic carbocycles. The molecule has 0 radical (unpaired) electrons. The van der Waals surface area contributed by atoms with Gasteiger partial charge in [0.15, 0.2) is 0 Å². The van der Waals surface area contributed by atoms with Crippen LogP contribution in [0, 0.1) is 17.2 Å². The maximum Gasteiger partial charge on any atom is 0.305 e. The van der Waals surface area contributed by atoms with E-state index in [0.29, 0.717) is 34.0 Å². The third-order valence-corrected chi connectivity index (χ3v) is 6.37. The number of carboxylic acids is 1. The summed E-state index contributed by atoms with van der Waals surface area (Å²) in [6.07, 6.45) is 1.39. The summed E-state index contributed by atoms with van der Waals surface area (Å²) in [6, 6.07) is 21.6. The topological polar surface area (TPSA) is 125 Å². The van der Waals surface area contributed by atoms with Gasteiger partial charge < -0.3 is 10.4 Å². The summed E-state index contributed by atoms with van der Waals surface area (Å²) in [5, 5.41) is 22.4. The number of benzene rings is 3. The lowest BCUT2D eigenvalue weighted by Gasteiger charge is -2.25. The number of nitrogens with zero attached hydrogens (tertiary/aromatic N) is 3. The van der Waals surface area contributed by atoms with Crippen molar-refractivity contribution >= 4 is 22.8 Å². The second-order valence-corrected chi connectivity index (χ2v) is 9.56. The zero-order valence-corrected chi connectivity index (χ0v) is 21.2. The summed E-state index contributed by atoms with van der Waals surface area (Å²) in [4.78, 5) is 43.1. The van der Waals surface area contributed by atoms with E-state index in [0.717, 1.165) is 5.56 Å². The normalized spacial score (nSPS) is 12.6. The number of carbonyl (C=O) groups is 2. The first-order valence-electron chi connectivity index (χ1n) is 12.4. The van der Waals surface area contributed by atoms with Crippen molar-refractivity contribution in [3.63, 3.8) is 0 Å². The molecule has 2 atom stereocenters. The number of amides is 1. The number of fused-ring (bicyclic) bond motifs is 1. The van der Waals surface area contributed by atoms with Crippen molar-refractivity contribution in [1.29, 1.82) is 5.26 Å². The van der Waals surface area contributed by atoms with Crippen LogP contribution < -0.4 is 10.9 Å². The highest BCUT2D eigenvalue weighted by atomic mass is 16.4. The van der Waals surface area contributed by atoms with Crippen molar-refractivity contribution in [2.24, 2.45) is 5.92 Å². The Labute approximate surface area is 220 Å². The molecule has 0 spiro atoms. The maximum absolute atomic E-state index is 13.7. The van der Waals surface area contributed by atoms with Crippen LogP contribution in [0.25, 0.3) is 22.0 Å². The Morgan fingerprint density at radius 1 is 1.05 bits per heavy atom. The first kappa shape index (κ1) is 26.3. The molecule has 0 fully saturated rings. The minimum absolute atomic E-state index is 0.0767.